The van der Waals surface area contributed by atoms with Crippen molar-refractivity contribution in [1.29, 1.82) is 0 Å². The molecule has 2 atom stereocenters. The Morgan fingerprint density at radius 3 is 2.86 bits per heavy atom. The largest absolute Gasteiger partial charge is 0.354 e. The molecule has 2 heteroatoms. The van der Waals surface area contributed by atoms with Crippen LogP contribution in [0.15, 0.2) is 42.6 Å². The van der Waals surface area contributed by atoms with E-state index in [1.165, 1.54) is 24.8 Å². The summed E-state index contributed by atoms with van der Waals surface area (Å²) in [6.45, 7) is 4.46. The van der Waals surface area contributed by atoms with E-state index in [0.717, 1.165) is 19.0 Å². The van der Waals surface area contributed by atoms with Crippen LogP contribution in [0.5, 0.6) is 0 Å². The lowest BCUT2D eigenvalue weighted by Crippen LogP contribution is -2.27. The minimum absolute atomic E-state index is 0.690. The van der Waals surface area contributed by atoms with Crippen LogP contribution in [0.1, 0.15) is 42.5 Å². The van der Waals surface area contributed by atoms with Gasteiger partial charge in [-0.3, -0.25) is 0 Å². The van der Waals surface area contributed by atoms with Crippen molar-refractivity contribution in [1.82, 2.24) is 9.88 Å². The number of benzene rings is 1. The maximum absolute atomic E-state index is 3.63. The number of hydrogen-bond donors (Lipinski definition) is 1. The molecule has 2 aromatic rings. The fourth-order valence-corrected chi connectivity index (χ4v) is 3.66. The number of aryl methyl sites for hydroxylation is 1. The molecule has 2 unspecified atom stereocenters. The van der Waals surface area contributed by atoms with Crippen LogP contribution in [-0.2, 0) is 20.0 Å². The third-order valence-corrected chi connectivity index (χ3v) is 4.89. The zero-order chi connectivity index (χ0) is 14.7. The second-order valence-corrected chi connectivity index (χ2v) is 6.42. The van der Waals surface area contributed by atoms with Crippen LogP contribution < -0.4 is 5.32 Å². The predicted octanol–water partition coefficient (Wildman–Crippen LogP) is 3.87. The van der Waals surface area contributed by atoms with Crippen LogP contribution in [0, 0.1) is 5.92 Å². The highest BCUT2D eigenvalue weighted by molar-refractivity contribution is 5.29. The fourth-order valence-electron chi connectivity index (χ4n) is 3.66. The molecule has 21 heavy (non-hydrogen) atoms. The number of rotatable bonds is 5. The average Bonchev–Trinajstić information content (AvgIpc) is 2.90. The van der Waals surface area contributed by atoms with E-state index in [1.807, 2.05) is 0 Å². The second-order valence-electron chi connectivity index (χ2n) is 6.42. The zero-order valence-electron chi connectivity index (χ0n) is 13.2. The molecule has 0 saturated heterocycles. The van der Waals surface area contributed by atoms with Crippen LogP contribution in [0.2, 0.25) is 0 Å². The van der Waals surface area contributed by atoms with Crippen LogP contribution in [0.4, 0.5) is 0 Å². The Balaban J connectivity index is 1.58. The van der Waals surface area contributed by atoms with Crippen molar-refractivity contribution < 1.29 is 0 Å². The maximum atomic E-state index is 3.63. The Bertz CT molecular complexity index is 571. The van der Waals surface area contributed by atoms with Gasteiger partial charge in [0.05, 0.1) is 0 Å². The molecule has 0 amide bonds. The first kappa shape index (κ1) is 14.4. The van der Waals surface area contributed by atoms with Gasteiger partial charge in [-0.1, -0.05) is 37.3 Å². The lowest BCUT2D eigenvalue weighted by atomic mass is 9.79. The average molecular weight is 282 g/mol. The van der Waals surface area contributed by atoms with Crippen molar-refractivity contribution in [3.8, 4) is 0 Å². The van der Waals surface area contributed by atoms with Gasteiger partial charge in [0, 0.05) is 25.5 Å². The molecular weight excluding hydrogens is 256 g/mol. The first-order valence-electron chi connectivity index (χ1n) is 8.14. The highest BCUT2D eigenvalue weighted by atomic mass is 14.9. The van der Waals surface area contributed by atoms with E-state index in [4.69, 9.17) is 0 Å². The van der Waals surface area contributed by atoms with Gasteiger partial charge in [0.25, 0.3) is 0 Å². The SMILES string of the molecule is CC(CNCc1ccccc1)C1CCCc2c1ccn2C. The Morgan fingerprint density at radius 2 is 2.05 bits per heavy atom. The third kappa shape index (κ3) is 3.21. The normalized spacial score (nSPS) is 19.2. The summed E-state index contributed by atoms with van der Waals surface area (Å²) < 4.78 is 2.31. The Kier molecular flexibility index (Phi) is 4.45. The molecule has 1 N–H and O–H groups in total. The van der Waals surface area contributed by atoms with E-state index >= 15 is 0 Å². The van der Waals surface area contributed by atoms with E-state index in [-0.39, 0.29) is 0 Å². The molecule has 3 rings (SSSR count). The van der Waals surface area contributed by atoms with Crippen molar-refractivity contribution in [2.75, 3.05) is 6.54 Å². The summed E-state index contributed by atoms with van der Waals surface area (Å²) in [5.74, 6) is 1.41. The quantitative estimate of drug-likeness (QED) is 0.881. The summed E-state index contributed by atoms with van der Waals surface area (Å²) >= 11 is 0. The number of nitrogens with one attached hydrogen (secondary N) is 1. The van der Waals surface area contributed by atoms with E-state index < -0.39 is 0 Å². The summed E-state index contributed by atoms with van der Waals surface area (Å²) in [5, 5.41) is 3.63. The van der Waals surface area contributed by atoms with E-state index in [2.05, 4.69) is 66.5 Å². The first-order valence-corrected chi connectivity index (χ1v) is 8.14. The molecule has 0 aliphatic heterocycles. The first-order chi connectivity index (χ1) is 10.3. The molecule has 1 aliphatic carbocycles. The van der Waals surface area contributed by atoms with Crippen molar-refractivity contribution in [3.05, 3.63) is 59.4 Å². The summed E-state index contributed by atoms with van der Waals surface area (Å²) in [7, 11) is 2.18. The highest BCUT2D eigenvalue weighted by Crippen LogP contribution is 2.36. The van der Waals surface area contributed by atoms with Gasteiger partial charge < -0.3 is 9.88 Å². The van der Waals surface area contributed by atoms with E-state index in [9.17, 15) is 0 Å². The molecular formula is C19H26N2. The lowest BCUT2D eigenvalue weighted by molar-refractivity contribution is 0.382. The van der Waals surface area contributed by atoms with Gasteiger partial charge >= 0.3 is 0 Å². The predicted molar refractivity (Wildman–Crippen MR) is 88.4 cm³/mol. The van der Waals surface area contributed by atoms with Gasteiger partial charge in [-0.05, 0) is 54.8 Å². The van der Waals surface area contributed by atoms with Gasteiger partial charge in [-0.25, -0.2) is 0 Å². The third-order valence-electron chi connectivity index (χ3n) is 4.89. The molecule has 0 saturated carbocycles. The summed E-state index contributed by atoms with van der Waals surface area (Å²) in [6.07, 6.45) is 6.15. The van der Waals surface area contributed by atoms with Gasteiger partial charge in [-0.15, -0.1) is 0 Å². The molecule has 0 bridgehead atoms. The number of nitrogens with zero attached hydrogens (tertiary/aromatic N) is 1. The van der Waals surface area contributed by atoms with Gasteiger partial charge in [0.15, 0.2) is 0 Å². The van der Waals surface area contributed by atoms with Gasteiger partial charge in [-0.2, -0.15) is 0 Å². The molecule has 1 aliphatic rings. The smallest absolute Gasteiger partial charge is 0.0206 e. The summed E-state index contributed by atoms with van der Waals surface area (Å²) in [6, 6.07) is 13.0. The van der Waals surface area contributed by atoms with Gasteiger partial charge in [0.1, 0.15) is 0 Å². The number of fused-ring (bicyclic) bond motifs is 1. The van der Waals surface area contributed by atoms with Crippen LogP contribution in [-0.4, -0.2) is 11.1 Å². The van der Waals surface area contributed by atoms with Crippen molar-refractivity contribution in [2.45, 2.75) is 38.6 Å². The van der Waals surface area contributed by atoms with Crippen molar-refractivity contribution in [3.63, 3.8) is 0 Å². The van der Waals surface area contributed by atoms with E-state index in [0.29, 0.717) is 5.92 Å². The van der Waals surface area contributed by atoms with Crippen molar-refractivity contribution in [2.24, 2.45) is 13.0 Å². The zero-order valence-corrected chi connectivity index (χ0v) is 13.2. The molecule has 0 fully saturated rings. The van der Waals surface area contributed by atoms with Crippen LogP contribution in [0.25, 0.3) is 0 Å². The minimum atomic E-state index is 0.690. The topological polar surface area (TPSA) is 17.0 Å². The number of aromatic nitrogens is 1. The minimum Gasteiger partial charge on any atom is -0.354 e. The standard InChI is InChI=1S/C19H26N2/c1-15(13-20-14-16-7-4-3-5-8-16)17-9-6-10-19-18(17)11-12-21(19)2/h3-5,7-8,11-12,15,17,20H,6,9-10,13-14H2,1-2H3. The summed E-state index contributed by atoms with van der Waals surface area (Å²) in [5.41, 5.74) is 4.52. The molecule has 112 valence electrons. The van der Waals surface area contributed by atoms with E-state index in [1.54, 1.807) is 11.3 Å². The molecule has 2 nitrogen and oxygen atoms in total. The summed E-state index contributed by atoms with van der Waals surface area (Å²) in [4.78, 5) is 0. The second kappa shape index (κ2) is 6.48. The Morgan fingerprint density at radius 1 is 1.24 bits per heavy atom. The van der Waals surface area contributed by atoms with Crippen molar-refractivity contribution >= 4 is 0 Å². The van der Waals surface area contributed by atoms with Crippen LogP contribution in [0.3, 0.4) is 0 Å². The number of hydrogen-bond acceptors (Lipinski definition) is 1. The molecule has 0 radical (unpaired) electrons. The Labute approximate surface area is 128 Å². The van der Waals surface area contributed by atoms with Gasteiger partial charge in [0.2, 0.25) is 0 Å². The molecule has 1 heterocycles. The molecule has 0 spiro atoms. The fraction of sp³-hybridized carbons (Fsp3) is 0.474. The molecule has 1 aromatic heterocycles. The Hall–Kier alpha value is -1.54. The highest BCUT2D eigenvalue weighted by Gasteiger charge is 2.26. The lowest BCUT2D eigenvalue weighted by Gasteiger charge is -2.29. The van der Waals surface area contributed by atoms with Crippen LogP contribution >= 0.6 is 0 Å². The molecule has 1 aromatic carbocycles. The monoisotopic (exact) mass is 282 g/mol. The maximum Gasteiger partial charge on any atom is 0.0206 e.